The lowest BCUT2D eigenvalue weighted by Gasteiger charge is -2.35. The van der Waals surface area contributed by atoms with Crippen molar-refractivity contribution in [1.29, 1.82) is 0 Å². The van der Waals surface area contributed by atoms with Gasteiger partial charge in [0.05, 0.1) is 11.7 Å². The molecule has 1 unspecified atom stereocenters. The SMILES string of the molecule is CCC1c2ccsc2CCN1C(=O)CCc1c(C)noc1C. The lowest BCUT2D eigenvalue weighted by atomic mass is 9.97. The van der Waals surface area contributed by atoms with Gasteiger partial charge >= 0.3 is 0 Å². The number of rotatable bonds is 4. The molecule has 118 valence electrons. The number of aryl methyl sites for hydroxylation is 2. The van der Waals surface area contributed by atoms with E-state index in [1.807, 2.05) is 25.2 Å². The zero-order valence-corrected chi connectivity index (χ0v) is 14.2. The van der Waals surface area contributed by atoms with Crippen LogP contribution in [0.25, 0.3) is 0 Å². The van der Waals surface area contributed by atoms with Gasteiger partial charge in [-0.15, -0.1) is 11.3 Å². The third-order valence-corrected chi connectivity index (χ3v) is 5.57. The Morgan fingerprint density at radius 3 is 3.00 bits per heavy atom. The molecule has 0 bridgehead atoms. The molecule has 22 heavy (non-hydrogen) atoms. The second kappa shape index (κ2) is 6.24. The summed E-state index contributed by atoms with van der Waals surface area (Å²) in [4.78, 5) is 16.2. The zero-order valence-electron chi connectivity index (χ0n) is 13.4. The molecule has 2 aromatic rings. The van der Waals surface area contributed by atoms with E-state index in [-0.39, 0.29) is 11.9 Å². The Hall–Kier alpha value is -1.62. The summed E-state index contributed by atoms with van der Waals surface area (Å²) in [6.07, 6.45) is 3.20. The summed E-state index contributed by atoms with van der Waals surface area (Å²) in [6.45, 7) is 6.84. The van der Waals surface area contributed by atoms with Gasteiger partial charge in [-0.3, -0.25) is 4.79 Å². The minimum atomic E-state index is 0.240. The second-order valence-corrected chi connectivity index (χ2v) is 6.86. The van der Waals surface area contributed by atoms with Gasteiger partial charge in [0, 0.05) is 23.4 Å². The molecule has 2 aromatic heterocycles. The van der Waals surface area contributed by atoms with Crippen molar-refractivity contribution in [2.75, 3.05) is 6.54 Å². The van der Waals surface area contributed by atoms with Crippen LogP contribution in [0.15, 0.2) is 16.0 Å². The van der Waals surface area contributed by atoms with Crippen LogP contribution < -0.4 is 0 Å². The molecule has 1 aliphatic rings. The van der Waals surface area contributed by atoms with Gasteiger partial charge in [-0.2, -0.15) is 0 Å². The van der Waals surface area contributed by atoms with Crippen molar-refractivity contribution < 1.29 is 9.32 Å². The summed E-state index contributed by atoms with van der Waals surface area (Å²) in [6, 6.07) is 2.43. The van der Waals surface area contributed by atoms with Crippen LogP contribution >= 0.6 is 11.3 Å². The summed E-state index contributed by atoms with van der Waals surface area (Å²) in [5.74, 6) is 1.07. The summed E-state index contributed by atoms with van der Waals surface area (Å²) in [5.41, 5.74) is 3.33. The summed E-state index contributed by atoms with van der Waals surface area (Å²) < 4.78 is 5.18. The highest BCUT2D eigenvalue weighted by Crippen LogP contribution is 2.35. The molecule has 0 aromatic carbocycles. The number of hydrogen-bond acceptors (Lipinski definition) is 4. The van der Waals surface area contributed by atoms with Crippen molar-refractivity contribution >= 4 is 17.2 Å². The number of amides is 1. The molecule has 0 aliphatic carbocycles. The number of carbonyl (C=O) groups excluding carboxylic acids is 1. The molecular formula is C17H22N2O2S. The topological polar surface area (TPSA) is 46.3 Å². The molecule has 0 spiro atoms. The largest absolute Gasteiger partial charge is 0.361 e. The third kappa shape index (κ3) is 2.70. The Morgan fingerprint density at radius 2 is 2.32 bits per heavy atom. The van der Waals surface area contributed by atoms with Crippen molar-refractivity contribution in [3.63, 3.8) is 0 Å². The van der Waals surface area contributed by atoms with E-state index < -0.39 is 0 Å². The number of thiophene rings is 1. The number of fused-ring (bicyclic) bond motifs is 1. The average Bonchev–Trinajstić information content (AvgIpc) is 3.11. The first-order valence-electron chi connectivity index (χ1n) is 7.89. The molecule has 0 saturated heterocycles. The van der Waals surface area contributed by atoms with E-state index in [1.165, 1.54) is 10.4 Å². The van der Waals surface area contributed by atoms with Crippen LogP contribution in [-0.4, -0.2) is 22.5 Å². The maximum absolute atomic E-state index is 12.7. The van der Waals surface area contributed by atoms with E-state index in [1.54, 1.807) is 0 Å². The smallest absolute Gasteiger partial charge is 0.223 e. The van der Waals surface area contributed by atoms with Gasteiger partial charge in [0.1, 0.15) is 5.76 Å². The molecule has 0 radical (unpaired) electrons. The zero-order chi connectivity index (χ0) is 15.7. The Kier molecular flexibility index (Phi) is 4.34. The van der Waals surface area contributed by atoms with Crippen LogP contribution in [0.1, 0.15) is 53.3 Å². The van der Waals surface area contributed by atoms with Gasteiger partial charge < -0.3 is 9.42 Å². The van der Waals surface area contributed by atoms with Gasteiger partial charge in [-0.25, -0.2) is 0 Å². The first-order valence-corrected chi connectivity index (χ1v) is 8.77. The lowest BCUT2D eigenvalue weighted by molar-refractivity contribution is -0.134. The standard InChI is InChI=1S/C17H22N2O2S/c1-4-15-14-8-10-22-16(14)7-9-19(15)17(20)6-5-13-11(2)18-21-12(13)3/h8,10,15H,4-7,9H2,1-3H3. The van der Waals surface area contributed by atoms with E-state index in [0.717, 1.165) is 36.4 Å². The number of carbonyl (C=O) groups is 1. The Labute approximate surface area is 135 Å². The molecule has 4 nitrogen and oxygen atoms in total. The summed E-state index contributed by atoms with van der Waals surface area (Å²) in [5, 5.41) is 6.11. The van der Waals surface area contributed by atoms with Crippen molar-refractivity contribution in [2.45, 2.75) is 52.5 Å². The van der Waals surface area contributed by atoms with E-state index in [9.17, 15) is 4.79 Å². The van der Waals surface area contributed by atoms with Gasteiger partial charge in [0.2, 0.25) is 5.91 Å². The minimum absolute atomic E-state index is 0.240. The van der Waals surface area contributed by atoms with E-state index in [2.05, 4.69) is 28.4 Å². The van der Waals surface area contributed by atoms with Crippen LogP contribution in [0, 0.1) is 13.8 Å². The molecule has 0 N–H and O–H groups in total. The lowest BCUT2D eigenvalue weighted by Crippen LogP contribution is -2.39. The molecular weight excluding hydrogens is 296 g/mol. The first kappa shape index (κ1) is 15.3. The van der Waals surface area contributed by atoms with Crippen molar-refractivity contribution in [2.24, 2.45) is 0 Å². The fourth-order valence-corrected chi connectivity index (χ4v) is 4.30. The van der Waals surface area contributed by atoms with Crippen molar-refractivity contribution in [3.8, 4) is 0 Å². The second-order valence-electron chi connectivity index (χ2n) is 5.86. The normalized spacial score (nSPS) is 17.6. The Bertz CT molecular complexity index is 655. The predicted octanol–water partition coefficient (Wildman–Crippen LogP) is 3.82. The highest BCUT2D eigenvalue weighted by molar-refractivity contribution is 7.10. The van der Waals surface area contributed by atoms with E-state index in [0.29, 0.717) is 12.8 Å². The van der Waals surface area contributed by atoms with Crippen LogP contribution in [0.3, 0.4) is 0 Å². The molecule has 1 atom stereocenters. The summed E-state index contributed by atoms with van der Waals surface area (Å²) >= 11 is 1.81. The quantitative estimate of drug-likeness (QED) is 0.861. The van der Waals surface area contributed by atoms with Gasteiger partial charge in [-0.05, 0) is 50.1 Å². The highest BCUT2D eigenvalue weighted by Gasteiger charge is 2.30. The average molecular weight is 318 g/mol. The molecule has 1 amide bonds. The van der Waals surface area contributed by atoms with Crippen molar-refractivity contribution in [3.05, 3.63) is 38.9 Å². The Balaban J connectivity index is 1.70. The van der Waals surface area contributed by atoms with Crippen molar-refractivity contribution in [1.82, 2.24) is 10.1 Å². The van der Waals surface area contributed by atoms with Gasteiger partial charge in [0.25, 0.3) is 0 Å². The van der Waals surface area contributed by atoms with Gasteiger partial charge in [0.15, 0.2) is 0 Å². The number of hydrogen-bond donors (Lipinski definition) is 0. The first-order chi connectivity index (χ1) is 10.6. The fourth-order valence-electron chi connectivity index (χ4n) is 3.37. The monoisotopic (exact) mass is 318 g/mol. The fraction of sp³-hybridized carbons (Fsp3) is 0.529. The van der Waals surface area contributed by atoms with Crippen LogP contribution in [0.4, 0.5) is 0 Å². The maximum atomic E-state index is 12.7. The number of aromatic nitrogens is 1. The highest BCUT2D eigenvalue weighted by atomic mass is 32.1. The van der Waals surface area contributed by atoms with E-state index >= 15 is 0 Å². The maximum Gasteiger partial charge on any atom is 0.223 e. The summed E-state index contributed by atoms with van der Waals surface area (Å²) in [7, 11) is 0. The Morgan fingerprint density at radius 1 is 1.50 bits per heavy atom. The molecule has 3 rings (SSSR count). The van der Waals surface area contributed by atoms with Gasteiger partial charge in [-0.1, -0.05) is 12.1 Å². The molecule has 5 heteroatoms. The number of nitrogens with zero attached hydrogens (tertiary/aromatic N) is 2. The molecule has 0 saturated carbocycles. The predicted molar refractivity (Wildman–Crippen MR) is 87.1 cm³/mol. The molecule has 1 aliphatic heterocycles. The van der Waals surface area contributed by atoms with Crippen LogP contribution in [0.5, 0.6) is 0 Å². The molecule has 3 heterocycles. The minimum Gasteiger partial charge on any atom is -0.361 e. The third-order valence-electron chi connectivity index (χ3n) is 4.57. The van der Waals surface area contributed by atoms with Crippen LogP contribution in [-0.2, 0) is 17.6 Å². The van der Waals surface area contributed by atoms with Crippen LogP contribution in [0.2, 0.25) is 0 Å². The molecule has 0 fully saturated rings. The van der Waals surface area contributed by atoms with E-state index in [4.69, 9.17) is 4.52 Å².